The molecular formula is C9H10ClN3. The summed E-state index contributed by atoms with van der Waals surface area (Å²) in [7, 11) is 0. The van der Waals surface area contributed by atoms with E-state index in [4.69, 9.17) is 17.3 Å². The summed E-state index contributed by atoms with van der Waals surface area (Å²) < 4.78 is 0. The lowest BCUT2D eigenvalue weighted by Crippen LogP contribution is -2.05. The van der Waals surface area contributed by atoms with Gasteiger partial charge in [0, 0.05) is 23.8 Å². The van der Waals surface area contributed by atoms with E-state index in [-0.39, 0.29) is 6.04 Å². The van der Waals surface area contributed by atoms with Crippen LogP contribution >= 0.6 is 11.6 Å². The van der Waals surface area contributed by atoms with Gasteiger partial charge in [-0.25, -0.2) is 4.98 Å². The highest BCUT2D eigenvalue weighted by Crippen LogP contribution is 2.25. The van der Waals surface area contributed by atoms with Crippen LogP contribution < -0.4 is 5.73 Å². The molecule has 0 aromatic carbocycles. The van der Waals surface area contributed by atoms with E-state index in [1.807, 2.05) is 19.2 Å². The van der Waals surface area contributed by atoms with Gasteiger partial charge in [-0.15, -0.1) is 0 Å². The molecule has 1 atom stereocenters. The Morgan fingerprint density at radius 2 is 2.38 bits per heavy atom. The number of nitrogens with zero attached hydrogens (tertiary/aromatic N) is 1. The summed E-state index contributed by atoms with van der Waals surface area (Å²) in [4.78, 5) is 7.09. The molecule has 0 aliphatic heterocycles. The maximum atomic E-state index is 5.89. The number of hydrogen-bond donors (Lipinski definition) is 2. The minimum Gasteiger partial charge on any atom is -0.359 e. The van der Waals surface area contributed by atoms with Crippen molar-refractivity contribution in [1.29, 1.82) is 0 Å². The van der Waals surface area contributed by atoms with Gasteiger partial charge in [-0.2, -0.15) is 0 Å². The zero-order valence-corrected chi connectivity index (χ0v) is 7.97. The van der Waals surface area contributed by atoms with Crippen molar-refractivity contribution in [2.24, 2.45) is 5.73 Å². The lowest BCUT2D eigenvalue weighted by atomic mass is 10.1. The SMILES string of the molecule is C[C@H](N)c1cnc(Cl)c2[nH]ccc12. The molecule has 2 rings (SSSR count). The van der Waals surface area contributed by atoms with E-state index in [2.05, 4.69) is 9.97 Å². The summed E-state index contributed by atoms with van der Waals surface area (Å²) >= 11 is 5.89. The Morgan fingerprint density at radius 1 is 1.62 bits per heavy atom. The second-order valence-corrected chi connectivity index (χ2v) is 3.42. The van der Waals surface area contributed by atoms with Gasteiger partial charge in [0.05, 0.1) is 5.52 Å². The molecule has 2 heterocycles. The first kappa shape index (κ1) is 8.53. The Hall–Kier alpha value is -1.06. The largest absolute Gasteiger partial charge is 0.359 e. The fraction of sp³-hybridized carbons (Fsp3) is 0.222. The van der Waals surface area contributed by atoms with E-state index in [0.29, 0.717) is 5.15 Å². The Labute approximate surface area is 80.9 Å². The highest BCUT2D eigenvalue weighted by Gasteiger charge is 2.09. The molecule has 0 aliphatic carbocycles. The Balaban J connectivity index is 2.78. The molecule has 2 aromatic rings. The molecule has 0 fully saturated rings. The van der Waals surface area contributed by atoms with Crippen LogP contribution in [0.25, 0.3) is 10.9 Å². The molecule has 0 spiro atoms. The molecule has 68 valence electrons. The minimum absolute atomic E-state index is 0.0249. The van der Waals surface area contributed by atoms with Crippen LogP contribution in [-0.2, 0) is 0 Å². The van der Waals surface area contributed by atoms with Crippen molar-refractivity contribution in [3.63, 3.8) is 0 Å². The van der Waals surface area contributed by atoms with Gasteiger partial charge in [0.1, 0.15) is 0 Å². The number of pyridine rings is 1. The van der Waals surface area contributed by atoms with Gasteiger partial charge in [0.15, 0.2) is 5.15 Å². The van der Waals surface area contributed by atoms with Crippen molar-refractivity contribution in [3.05, 3.63) is 29.2 Å². The number of fused-ring (bicyclic) bond motifs is 1. The second-order valence-electron chi connectivity index (χ2n) is 3.06. The van der Waals surface area contributed by atoms with E-state index in [1.165, 1.54) is 0 Å². The summed E-state index contributed by atoms with van der Waals surface area (Å²) in [6, 6.07) is 1.93. The maximum absolute atomic E-state index is 5.89. The van der Waals surface area contributed by atoms with Crippen molar-refractivity contribution in [3.8, 4) is 0 Å². The van der Waals surface area contributed by atoms with Gasteiger partial charge in [0.25, 0.3) is 0 Å². The zero-order chi connectivity index (χ0) is 9.42. The third-order valence-corrected chi connectivity index (χ3v) is 2.36. The summed E-state index contributed by atoms with van der Waals surface area (Å²) in [5.41, 5.74) is 7.66. The molecule has 3 nitrogen and oxygen atoms in total. The van der Waals surface area contributed by atoms with Crippen LogP contribution in [0.2, 0.25) is 5.15 Å². The fourth-order valence-corrected chi connectivity index (χ4v) is 1.61. The van der Waals surface area contributed by atoms with Crippen LogP contribution in [0.3, 0.4) is 0 Å². The van der Waals surface area contributed by atoms with Gasteiger partial charge in [-0.3, -0.25) is 0 Å². The second kappa shape index (κ2) is 3.01. The van der Waals surface area contributed by atoms with E-state index >= 15 is 0 Å². The standard InChI is InChI=1S/C9H10ClN3/c1-5(11)7-4-13-9(10)8-6(7)2-3-12-8/h2-5,12H,11H2,1H3/t5-/m0/s1. The van der Waals surface area contributed by atoms with E-state index in [9.17, 15) is 0 Å². The summed E-state index contributed by atoms with van der Waals surface area (Å²) in [5.74, 6) is 0. The number of aromatic nitrogens is 2. The van der Waals surface area contributed by atoms with E-state index < -0.39 is 0 Å². The van der Waals surface area contributed by atoms with Gasteiger partial charge in [0.2, 0.25) is 0 Å². The van der Waals surface area contributed by atoms with E-state index in [1.54, 1.807) is 6.20 Å². The van der Waals surface area contributed by atoms with Gasteiger partial charge in [-0.1, -0.05) is 11.6 Å². The first-order valence-electron chi connectivity index (χ1n) is 4.07. The monoisotopic (exact) mass is 195 g/mol. The topological polar surface area (TPSA) is 54.7 Å². The lowest BCUT2D eigenvalue weighted by molar-refractivity contribution is 0.821. The Kier molecular flexibility index (Phi) is 1.98. The van der Waals surface area contributed by atoms with Crippen LogP contribution in [0.1, 0.15) is 18.5 Å². The molecule has 2 aromatic heterocycles. The van der Waals surface area contributed by atoms with Crippen LogP contribution in [0.15, 0.2) is 18.5 Å². The van der Waals surface area contributed by atoms with Crippen molar-refractivity contribution in [1.82, 2.24) is 9.97 Å². The maximum Gasteiger partial charge on any atom is 0.153 e. The van der Waals surface area contributed by atoms with Crippen molar-refractivity contribution in [2.75, 3.05) is 0 Å². The number of aromatic amines is 1. The summed E-state index contributed by atoms with van der Waals surface area (Å²) in [6.45, 7) is 1.93. The average molecular weight is 196 g/mol. The number of nitrogens with one attached hydrogen (secondary N) is 1. The normalized spacial score (nSPS) is 13.5. The molecule has 0 amide bonds. The molecule has 0 saturated heterocycles. The number of H-pyrrole nitrogens is 1. The predicted octanol–water partition coefficient (Wildman–Crippen LogP) is 2.24. The average Bonchev–Trinajstić information content (AvgIpc) is 2.53. The van der Waals surface area contributed by atoms with Crippen LogP contribution in [-0.4, -0.2) is 9.97 Å². The van der Waals surface area contributed by atoms with Crippen molar-refractivity contribution >= 4 is 22.5 Å². The molecule has 4 heteroatoms. The molecule has 0 saturated carbocycles. The van der Waals surface area contributed by atoms with Crippen molar-refractivity contribution < 1.29 is 0 Å². The quantitative estimate of drug-likeness (QED) is 0.686. The van der Waals surface area contributed by atoms with Crippen LogP contribution in [0, 0.1) is 0 Å². The molecular weight excluding hydrogens is 186 g/mol. The molecule has 13 heavy (non-hydrogen) atoms. The molecule has 0 unspecified atom stereocenters. The molecule has 0 bridgehead atoms. The fourth-order valence-electron chi connectivity index (χ4n) is 1.40. The third kappa shape index (κ3) is 1.30. The van der Waals surface area contributed by atoms with Gasteiger partial charge >= 0.3 is 0 Å². The van der Waals surface area contributed by atoms with Crippen LogP contribution in [0.4, 0.5) is 0 Å². The third-order valence-electron chi connectivity index (χ3n) is 2.07. The Bertz CT molecular complexity index is 433. The Morgan fingerprint density at radius 3 is 3.08 bits per heavy atom. The predicted molar refractivity (Wildman–Crippen MR) is 53.7 cm³/mol. The highest BCUT2D eigenvalue weighted by atomic mass is 35.5. The lowest BCUT2D eigenvalue weighted by Gasteiger charge is -2.06. The highest BCUT2D eigenvalue weighted by molar-refractivity contribution is 6.33. The van der Waals surface area contributed by atoms with Crippen molar-refractivity contribution in [2.45, 2.75) is 13.0 Å². The van der Waals surface area contributed by atoms with E-state index in [0.717, 1.165) is 16.5 Å². The first-order chi connectivity index (χ1) is 6.20. The summed E-state index contributed by atoms with van der Waals surface area (Å²) in [5, 5.41) is 1.54. The summed E-state index contributed by atoms with van der Waals surface area (Å²) in [6.07, 6.45) is 3.56. The van der Waals surface area contributed by atoms with Gasteiger partial charge < -0.3 is 10.7 Å². The molecule has 0 aliphatic rings. The van der Waals surface area contributed by atoms with Gasteiger partial charge in [-0.05, 0) is 18.6 Å². The number of rotatable bonds is 1. The number of halogens is 1. The molecule has 0 radical (unpaired) electrons. The van der Waals surface area contributed by atoms with Crippen LogP contribution in [0.5, 0.6) is 0 Å². The zero-order valence-electron chi connectivity index (χ0n) is 7.21. The molecule has 3 N–H and O–H groups in total. The minimum atomic E-state index is -0.0249. The first-order valence-corrected chi connectivity index (χ1v) is 4.45. The number of nitrogens with two attached hydrogens (primary N) is 1. The number of hydrogen-bond acceptors (Lipinski definition) is 2. The smallest absolute Gasteiger partial charge is 0.153 e.